The average Bonchev–Trinajstić information content (AvgIpc) is 2.35. The van der Waals surface area contributed by atoms with Crippen molar-refractivity contribution in [2.75, 3.05) is 0 Å². The Morgan fingerprint density at radius 3 is 2.57 bits per heavy atom. The Morgan fingerprint density at radius 2 is 2.04 bits per heavy atom. The summed E-state index contributed by atoms with van der Waals surface area (Å²) < 4.78 is 71.1. The van der Waals surface area contributed by atoms with E-state index < -0.39 is 58.1 Å². The van der Waals surface area contributed by atoms with Crippen LogP contribution in [-0.4, -0.2) is 23.2 Å². The van der Waals surface area contributed by atoms with Gasteiger partial charge in [-0.05, 0) is 13.0 Å². The van der Waals surface area contributed by atoms with Crippen LogP contribution >= 0.6 is 0 Å². The summed E-state index contributed by atoms with van der Waals surface area (Å²) in [6.45, 7) is 0.992. The lowest BCUT2D eigenvalue weighted by Crippen LogP contribution is -2.46. The van der Waals surface area contributed by atoms with E-state index in [1.165, 1.54) is 0 Å². The van der Waals surface area contributed by atoms with Crippen LogP contribution in [0.25, 0.3) is 0 Å². The number of nitro groups is 1. The molecular weight excluding hydrogens is 329 g/mol. The largest absolute Gasteiger partial charge is 0.452 e. The second-order valence-corrected chi connectivity index (χ2v) is 5.09. The second-order valence-electron chi connectivity index (χ2n) is 5.09. The highest BCUT2D eigenvalue weighted by molar-refractivity contribution is 5.73. The zero-order chi connectivity index (χ0) is 17.6. The summed E-state index contributed by atoms with van der Waals surface area (Å²) in [5.41, 5.74) is 1.03. The molecule has 1 aliphatic rings. The molecule has 0 bridgehead atoms. The van der Waals surface area contributed by atoms with Crippen LogP contribution in [0.4, 0.5) is 27.6 Å². The highest BCUT2D eigenvalue weighted by Crippen LogP contribution is 2.42. The minimum absolute atomic E-state index is 0.575. The fraction of sp³-hybridized carbons (Fsp3) is 0.417. The Kier molecular flexibility index (Phi) is 3.91. The highest BCUT2D eigenvalue weighted by Gasteiger charge is 2.51. The van der Waals surface area contributed by atoms with E-state index >= 15 is 0 Å². The van der Waals surface area contributed by atoms with Crippen molar-refractivity contribution in [3.05, 3.63) is 39.4 Å². The van der Waals surface area contributed by atoms with Gasteiger partial charge >= 0.3 is 11.9 Å². The van der Waals surface area contributed by atoms with Gasteiger partial charge in [-0.1, -0.05) is 0 Å². The van der Waals surface area contributed by atoms with Crippen LogP contribution in [0.1, 0.15) is 18.9 Å². The smallest absolute Gasteiger partial charge is 0.425 e. The Labute approximate surface area is 125 Å². The standard InChI is InChI=1S/C12H10F5N3O3/c1-11(4-7(12(15,16)17)23-10(18)19-11)8-5(13)2-3-6(9(8)14)20(21)22/h2-3,7H,4H2,1H3,(H2,18,19)/t7?,11-/m0/s1. The molecule has 0 saturated heterocycles. The number of ether oxygens (including phenoxy) is 1. The summed E-state index contributed by atoms with van der Waals surface area (Å²) in [5.74, 6) is -2.87. The first-order valence-electron chi connectivity index (χ1n) is 6.17. The maximum atomic E-state index is 14.3. The summed E-state index contributed by atoms with van der Waals surface area (Å²) in [7, 11) is 0. The van der Waals surface area contributed by atoms with Gasteiger partial charge in [0.05, 0.1) is 16.0 Å². The molecule has 0 radical (unpaired) electrons. The van der Waals surface area contributed by atoms with Crippen molar-refractivity contribution in [1.82, 2.24) is 0 Å². The zero-order valence-corrected chi connectivity index (χ0v) is 11.5. The van der Waals surface area contributed by atoms with Crippen LogP contribution < -0.4 is 5.73 Å². The van der Waals surface area contributed by atoms with Crippen LogP contribution in [0.2, 0.25) is 0 Å². The molecule has 6 nitrogen and oxygen atoms in total. The molecule has 11 heteroatoms. The average molecular weight is 339 g/mol. The van der Waals surface area contributed by atoms with E-state index in [-0.39, 0.29) is 0 Å². The fourth-order valence-electron chi connectivity index (χ4n) is 2.38. The molecule has 0 fully saturated rings. The summed E-state index contributed by atoms with van der Waals surface area (Å²) in [6, 6.07) is 0.253. The lowest BCUT2D eigenvalue weighted by Gasteiger charge is -2.35. The van der Waals surface area contributed by atoms with Crippen molar-refractivity contribution in [1.29, 1.82) is 0 Å². The molecule has 2 atom stereocenters. The molecule has 1 aromatic carbocycles. The molecule has 2 N–H and O–H groups in total. The first-order chi connectivity index (χ1) is 10.5. The molecule has 2 rings (SSSR count). The minimum Gasteiger partial charge on any atom is -0.452 e. The van der Waals surface area contributed by atoms with E-state index in [1.54, 1.807) is 0 Å². The van der Waals surface area contributed by atoms with Crippen LogP contribution in [-0.2, 0) is 10.3 Å². The van der Waals surface area contributed by atoms with Gasteiger partial charge in [0, 0.05) is 12.5 Å². The third-order valence-electron chi connectivity index (χ3n) is 3.37. The molecule has 1 aromatic rings. The molecule has 23 heavy (non-hydrogen) atoms. The van der Waals surface area contributed by atoms with Crippen LogP contribution in [0.15, 0.2) is 17.1 Å². The number of nitrogens with zero attached hydrogens (tertiary/aromatic N) is 2. The number of hydrogen-bond acceptors (Lipinski definition) is 5. The summed E-state index contributed by atoms with van der Waals surface area (Å²) in [6.07, 6.45) is -8.27. The van der Waals surface area contributed by atoms with Gasteiger partial charge in [0.2, 0.25) is 5.82 Å². The molecule has 1 heterocycles. The highest BCUT2D eigenvalue weighted by atomic mass is 19.4. The third-order valence-corrected chi connectivity index (χ3v) is 3.37. The van der Waals surface area contributed by atoms with E-state index in [4.69, 9.17) is 5.73 Å². The Hall–Kier alpha value is -2.46. The Balaban J connectivity index is 2.62. The topological polar surface area (TPSA) is 90.8 Å². The molecule has 0 aromatic heterocycles. The van der Waals surface area contributed by atoms with Crippen molar-refractivity contribution in [3.8, 4) is 0 Å². The number of aliphatic imine (C=N–C) groups is 1. The summed E-state index contributed by atoms with van der Waals surface area (Å²) in [5, 5.41) is 10.7. The molecule has 0 amide bonds. The van der Waals surface area contributed by atoms with Crippen molar-refractivity contribution in [3.63, 3.8) is 0 Å². The van der Waals surface area contributed by atoms with Crippen molar-refractivity contribution in [2.24, 2.45) is 10.7 Å². The van der Waals surface area contributed by atoms with Gasteiger partial charge in [-0.15, -0.1) is 0 Å². The van der Waals surface area contributed by atoms with Crippen molar-refractivity contribution < 1.29 is 31.6 Å². The van der Waals surface area contributed by atoms with Gasteiger partial charge in [-0.25, -0.2) is 9.38 Å². The third kappa shape index (κ3) is 3.03. The Bertz CT molecular complexity index is 691. The minimum atomic E-state index is -4.85. The van der Waals surface area contributed by atoms with Gasteiger partial charge in [0.1, 0.15) is 5.82 Å². The first-order valence-corrected chi connectivity index (χ1v) is 6.17. The van der Waals surface area contributed by atoms with Gasteiger partial charge in [0.15, 0.2) is 6.10 Å². The quantitative estimate of drug-likeness (QED) is 0.509. The van der Waals surface area contributed by atoms with Crippen LogP contribution in [0, 0.1) is 21.7 Å². The first kappa shape index (κ1) is 16.9. The number of hydrogen-bond donors (Lipinski definition) is 1. The van der Waals surface area contributed by atoms with Crippen LogP contribution in [0.5, 0.6) is 0 Å². The number of benzene rings is 1. The molecule has 0 aliphatic carbocycles. The van der Waals surface area contributed by atoms with Crippen molar-refractivity contribution in [2.45, 2.75) is 31.2 Å². The summed E-state index contributed by atoms with van der Waals surface area (Å²) in [4.78, 5) is 13.2. The van der Waals surface area contributed by atoms with E-state index in [2.05, 4.69) is 9.73 Å². The number of nitro benzene ring substituents is 1. The maximum absolute atomic E-state index is 14.3. The van der Waals surface area contributed by atoms with Crippen molar-refractivity contribution >= 4 is 11.7 Å². The monoisotopic (exact) mass is 339 g/mol. The molecular formula is C12H10F5N3O3. The van der Waals surface area contributed by atoms with Gasteiger partial charge in [-0.3, -0.25) is 10.1 Å². The number of amidine groups is 1. The number of halogens is 5. The van der Waals surface area contributed by atoms with E-state index in [1.807, 2.05) is 0 Å². The second kappa shape index (κ2) is 5.32. The van der Waals surface area contributed by atoms with E-state index in [0.717, 1.165) is 6.92 Å². The molecule has 126 valence electrons. The normalized spacial score (nSPS) is 24.8. The Morgan fingerprint density at radius 1 is 1.43 bits per heavy atom. The molecule has 1 aliphatic heterocycles. The molecule has 0 saturated carbocycles. The lowest BCUT2D eigenvalue weighted by molar-refractivity contribution is -0.387. The van der Waals surface area contributed by atoms with Gasteiger partial charge < -0.3 is 10.5 Å². The van der Waals surface area contributed by atoms with Gasteiger partial charge in [-0.2, -0.15) is 17.6 Å². The predicted molar refractivity (Wildman–Crippen MR) is 67.5 cm³/mol. The summed E-state index contributed by atoms with van der Waals surface area (Å²) >= 11 is 0. The SMILES string of the molecule is C[C@@]1(c2c(F)ccc([N+](=O)[O-])c2F)CC(C(F)(F)F)OC(N)=N1. The van der Waals surface area contributed by atoms with Crippen LogP contribution in [0.3, 0.4) is 0 Å². The zero-order valence-electron chi connectivity index (χ0n) is 11.5. The van der Waals surface area contributed by atoms with E-state index in [9.17, 15) is 32.1 Å². The predicted octanol–water partition coefficient (Wildman–Crippen LogP) is 2.75. The number of rotatable bonds is 2. The lowest BCUT2D eigenvalue weighted by atomic mass is 9.85. The number of alkyl halides is 3. The molecule has 1 unspecified atom stereocenters. The van der Waals surface area contributed by atoms with E-state index in [0.29, 0.717) is 12.1 Å². The maximum Gasteiger partial charge on any atom is 0.425 e. The molecule has 0 spiro atoms. The number of nitrogens with two attached hydrogens (primary N) is 1. The van der Waals surface area contributed by atoms with Gasteiger partial charge in [0.25, 0.3) is 6.02 Å². The fourth-order valence-corrected chi connectivity index (χ4v) is 2.38.